The molecule has 24 heavy (non-hydrogen) atoms. The summed E-state index contributed by atoms with van der Waals surface area (Å²) in [7, 11) is 0. The second-order valence-electron chi connectivity index (χ2n) is 5.63. The van der Waals surface area contributed by atoms with Crippen LogP contribution >= 0.6 is 11.6 Å². The molecule has 0 saturated heterocycles. The molecule has 0 aromatic heterocycles. The van der Waals surface area contributed by atoms with Crippen LogP contribution in [-0.2, 0) is 9.53 Å². The summed E-state index contributed by atoms with van der Waals surface area (Å²) in [4.78, 5) is 27.1. The summed E-state index contributed by atoms with van der Waals surface area (Å²) in [6.07, 6.45) is -2.99. The van der Waals surface area contributed by atoms with Crippen molar-refractivity contribution in [3.8, 4) is 0 Å². The summed E-state index contributed by atoms with van der Waals surface area (Å²) in [5.74, 6) is -2.85. The fraction of sp³-hybridized carbons (Fsp3) is 0.533. The molecule has 0 aromatic rings. The predicted molar refractivity (Wildman–Crippen MR) is 85.9 cm³/mol. The molecule has 0 unspecified atom stereocenters. The van der Waals surface area contributed by atoms with Gasteiger partial charge in [-0.1, -0.05) is 24.6 Å². The molecular formula is C15H20ClF3N2O3. The van der Waals surface area contributed by atoms with Crippen LogP contribution < -0.4 is 5.32 Å². The maximum Gasteiger partial charge on any atom is 0.455 e. The third-order valence-corrected chi connectivity index (χ3v) is 2.42. The fourth-order valence-corrected chi connectivity index (χ4v) is 1.54. The van der Waals surface area contributed by atoms with E-state index in [1.54, 1.807) is 27.7 Å². The molecule has 1 N–H and O–H groups in total. The van der Waals surface area contributed by atoms with Crippen LogP contribution in [0, 0.1) is 0 Å². The number of allylic oxidation sites excluding steroid dienone is 2. The summed E-state index contributed by atoms with van der Waals surface area (Å²) in [5.41, 5.74) is -1.83. The number of nitrogens with one attached hydrogen (secondary N) is 1. The van der Waals surface area contributed by atoms with Crippen LogP contribution in [0.3, 0.4) is 0 Å². The van der Waals surface area contributed by atoms with E-state index in [0.717, 1.165) is 13.1 Å². The highest BCUT2D eigenvalue weighted by molar-refractivity contribution is 6.38. The lowest BCUT2D eigenvalue weighted by Gasteiger charge is -2.21. The zero-order valence-electron chi connectivity index (χ0n) is 14.0. The van der Waals surface area contributed by atoms with Gasteiger partial charge in [-0.25, -0.2) is 9.79 Å². The number of ether oxygens (including phenoxy) is 1. The van der Waals surface area contributed by atoms with Gasteiger partial charge in [0.25, 0.3) is 5.78 Å². The van der Waals surface area contributed by atoms with Gasteiger partial charge in [0.05, 0.1) is 5.57 Å². The number of amidine groups is 1. The quantitative estimate of drug-likeness (QED) is 0.452. The number of carbonyl (C=O) groups is 2. The largest absolute Gasteiger partial charge is 0.455 e. The number of nitrogens with zero attached hydrogens (tertiary/aromatic N) is 1. The Labute approximate surface area is 143 Å². The molecule has 5 nitrogen and oxygen atoms in total. The van der Waals surface area contributed by atoms with Crippen LogP contribution in [-0.4, -0.2) is 29.5 Å². The van der Waals surface area contributed by atoms with E-state index in [4.69, 9.17) is 16.3 Å². The minimum atomic E-state index is -5.17. The van der Waals surface area contributed by atoms with Gasteiger partial charge in [0.1, 0.15) is 11.4 Å². The number of amides is 1. The molecule has 0 heterocycles. The van der Waals surface area contributed by atoms with Crippen molar-refractivity contribution in [2.24, 2.45) is 4.99 Å². The molecule has 0 rings (SSSR count). The second-order valence-corrected chi connectivity index (χ2v) is 6.20. The van der Waals surface area contributed by atoms with Crippen molar-refractivity contribution in [1.82, 2.24) is 5.32 Å². The first-order valence-electron chi connectivity index (χ1n) is 7.00. The van der Waals surface area contributed by atoms with E-state index >= 15 is 0 Å². The van der Waals surface area contributed by atoms with Crippen LogP contribution in [0.15, 0.2) is 27.9 Å². The standard InChI is InChI=1S/C15H20ClF3N2O3/c1-6-7-8-20-12(21-13(23)24-14(3,4)5)10(9(2)16)11(22)15(17,18)19/h7-8H,6H2,1-5H3,(H,20,21,23)/b8-7+,10-9+. The predicted octanol–water partition coefficient (Wildman–Crippen LogP) is 4.48. The molecule has 1 amide bonds. The van der Waals surface area contributed by atoms with E-state index in [0.29, 0.717) is 6.42 Å². The number of alkyl carbamates (subject to hydrolysis) is 1. The van der Waals surface area contributed by atoms with Crippen molar-refractivity contribution in [2.75, 3.05) is 0 Å². The normalized spacial score (nSPS) is 14.5. The number of Topliss-reactive ketones (excluding diaryl/α,β-unsaturated/α-hetero) is 1. The van der Waals surface area contributed by atoms with Crippen LogP contribution in [0.2, 0.25) is 0 Å². The maximum atomic E-state index is 12.8. The summed E-state index contributed by atoms with van der Waals surface area (Å²) in [6.45, 7) is 7.59. The molecule has 0 saturated carbocycles. The van der Waals surface area contributed by atoms with Gasteiger partial charge >= 0.3 is 12.3 Å². The Morgan fingerprint density at radius 3 is 2.17 bits per heavy atom. The van der Waals surface area contributed by atoms with Crippen LogP contribution in [0.25, 0.3) is 0 Å². The van der Waals surface area contributed by atoms with Gasteiger partial charge < -0.3 is 4.74 Å². The lowest BCUT2D eigenvalue weighted by Crippen LogP contribution is -2.41. The first kappa shape index (κ1) is 22.2. The zero-order chi connectivity index (χ0) is 19.1. The minimum Gasteiger partial charge on any atom is -0.444 e. The van der Waals surface area contributed by atoms with Gasteiger partial charge in [0.2, 0.25) is 0 Å². The molecule has 136 valence electrons. The number of rotatable bonds is 4. The van der Waals surface area contributed by atoms with E-state index < -0.39 is 40.1 Å². The topological polar surface area (TPSA) is 67.8 Å². The van der Waals surface area contributed by atoms with E-state index in [-0.39, 0.29) is 0 Å². The smallest absolute Gasteiger partial charge is 0.444 e. The van der Waals surface area contributed by atoms with Crippen LogP contribution in [0.5, 0.6) is 0 Å². The number of ketones is 1. The highest BCUT2D eigenvalue weighted by Crippen LogP contribution is 2.24. The molecule has 0 bridgehead atoms. The second kappa shape index (κ2) is 8.86. The van der Waals surface area contributed by atoms with Crippen molar-refractivity contribution >= 4 is 29.3 Å². The summed E-state index contributed by atoms with van der Waals surface area (Å²) < 4.78 is 43.2. The average Bonchev–Trinajstić information content (AvgIpc) is 2.34. The van der Waals surface area contributed by atoms with Crippen molar-refractivity contribution in [3.05, 3.63) is 22.9 Å². The Hall–Kier alpha value is -1.83. The molecule has 0 radical (unpaired) electrons. The van der Waals surface area contributed by atoms with Crippen molar-refractivity contribution < 1.29 is 27.5 Å². The zero-order valence-corrected chi connectivity index (χ0v) is 14.8. The van der Waals surface area contributed by atoms with E-state index in [9.17, 15) is 22.8 Å². The maximum absolute atomic E-state index is 12.8. The molecule has 0 spiro atoms. The number of halogens is 4. The van der Waals surface area contributed by atoms with Gasteiger partial charge in [0, 0.05) is 11.2 Å². The fourth-order valence-electron chi connectivity index (χ4n) is 1.36. The Kier molecular flexibility index (Phi) is 8.19. The Morgan fingerprint density at radius 1 is 1.25 bits per heavy atom. The highest BCUT2D eigenvalue weighted by Gasteiger charge is 2.43. The summed E-state index contributed by atoms with van der Waals surface area (Å²) in [5, 5.41) is 1.58. The van der Waals surface area contributed by atoms with Gasteiger partial charge in [0.15, 0.2) is 0 Å². The minimum absolute atomic E-state index is 0.461. The SMILES string of the molecule is CC/C=C/N=C(NC(=O)OC(C)(C)C)/C(C(=O)C(F)(F)F)=C(\C)Cl. The van der Waals surface area contributed by atoms with Gasteiger partial charge in [-0.15, -0.1) is 0 Å². The molecule has 0 atom stereocenters. The third kappa shape index (κ3) is 8.14. The lowest BCUT2D eigenvalue weighted by atomic mass is 10.1. The van der Waals surface area contributed by atoms with Crippen molar-refractivity contribution in [3.63, 3.8) is 0 Å². The molecule has 0 aromatic carbocycles. The van der Waals surface area contributed by atoms with Crippen LogP contribution in [0.4, 0.5) is 18.0 Å². The average molecular weight is 369 g/mol. The van der Waals surface area contributed by atoms with E-state index in [1.165, 1.54) is 6.08 Å². The molecule has 0 fully saturated rings. The monoisotopic (exact) mass is 368 g/mol. The van der Waals surface area contributed by atoms with Gasteiger partial charge in [-0.05, 0) is 34.1 Å². The Morgan fingerprint density at radius 2 is 1.79 bits per heavy atom. The number of alkyl halides is 3. The molecule has 0 aliphatic rings. The van der Waals surface area contributed by atoms with E-state index in [1.807, 2.05) is 5.32 Å². The van der Waals surface area contributed by atoms with Crippen molar-refractivity contribution in [1.29, 1.82) is 0 Å². The highest BCUT2D eigenvalue weighted by atomic mass is 35.5. The number of hydrogen-bond acceptors (Lipinski definition) is 4. The first-order chi connectivity index (χ1) is 10.8. The van der Waals surface area contributed by atoms with E-state index in [2.05, 4.69) is 4.99 Å². The Bertz CT molecular complexity index is 569. The first-order valence-corrected chi connectivity index (χ1v) is 7.38. The summed E-state index contributed by atoms with van der Waals surface area (Å²) in [6, 6.07) is 0. The lowest BCUT2D eigenvalue weighted by molar-refractivity contribution is -0.166. The number of carbonyl (C=O) groups excluding carboxylic acids is 2. The molecule has 0 aliphatic heterocycles. The summed E-state index contributed by atoms with van der Waals surface area (Å²) >= 11 is 5.63. The van der Waals surface area contributed by atoms with Crippen molar-refractivity contribution in [2.45, 2.75) is 52.8 Å². The molecule has 0 aliphatic carbocycles. The van der Waals surface area contributed by atoms with Gasteiger partial charge in [-0.2, -0.15) is 13.2 Å². The van der Waals surface area contributed by atoms with Gasteiger partial charge in [-0.3, -0.25) is 10.1 Å². The number of aliphatic imine (C=N–C) groups is 1. The third-order valence-electron chi connectivity index (χ3n) is 2.23. The molecular weight excluding hydrogens is 349 g/mol. The number of hydrogen-bond donors (Lipinski definition) is 1. The molecule has 9 heteroatoms. The Balaban J connectivity index is 5.81. The van der Waals surface area contributed by atoms with Crippen LogP contribution in [0.1, 0.15) is 41.0 Å².